The SMILES string of the molecule is CN(CCCCCBr)Cc1ccccc1Cl. The van der Waals surface area contributed by atoms with Gasteiger partial charge >= 0.3 is 0 Å². The monoisotopic (exact) mass is 303 g/mol. The smallest absolute Gasteiger partial charge is 0.0451 e. The lowest BCUT2D eigenvalue weighted by atomic mass is 10.2. The molecule has 1 aromatic carbocycles. The van der Waals surface area contributed by atoms with Gasteiger partial charge in [-0.2, -0.15) is 0 Å². The predicted molar refractivity (Wildman–Crippen MR) is 75.4 cm³/mol. The van der Waals surface area contributed by atoms with Crippen molar-refractivity contribution in [1.29, 1.82) is 0 Å². The fraction of sp³-hybridized carbons (Fsp3) is 0.538. The quantitative estimate of drug-likeness (QED) is 0.535. The molecule has 0 aliphatic carbocycles. The van der Waals surface area contributed by atoms with Crippen molar-refractivity contribution in [3.63, 3.8) is 0 Å². The van der Waals surface area contributed by atoms with Crippen LogP contribution in [0.4, 0.5) is 0 Å². The van der Waals surface area contributed by atoms with E-state index in [1.165, 1.54) is 24.8 Å². The van der Waals surface area contributed by atoms with Gasteiger partial charge in [0.2, 0.25) is 0 Å². The van der Waals surface area contributed by atoms with Crippen LogP contribution in [0, 0.1) is 0 Å². The van der Waals surface area contributed by atoms with E-state index in [1.807, 2.05) is 18.2 Å². The third-order valence-corrected chi connectivity index (χ3v) is 3.50. The highest BCUT2D eigenvalue weighted by Gasteiger charge is 2.03. The molecule has 0 radical (unpaired) electrons. The highest BCUT2D eigenvalue weighted by atomic mass is 79.9. The molecule has 1 aromatic rings. The second-order valence-electron chi connectivity index (χ2n) is 4.08. The second-order valence-corrected chi connectivity index (χ2v) is 5.28. The number of halogens is 2. The Balaban J connectivity index is 2.28. The average molecular weight is 305 g/mol. The van der Waals surface area contributed by atoms with Gasteiger partial charge in [-0.1, -0.05) is 52.2 Å². The minimum Gasteiger partial charge on any atom is -0.302 e. The number of hydrogen-bond donors (Lipinski definition) is 0. The number of unbranched alkanes of at least 4 members (excludes halogenated alkanes) is 2. The van der Waals surface area contributed by atoms with Gasteiger partial charge < -0.3 is 4.90 Å². The number of nitrogens with zero attached hydrogens (tertiary/aromatic N) is 1. The molecule has 0 saturated carbocycles. The summed E-state index contributed by atoms with van der Waals surface area (Å²) in [7, 11) is 2.15. The molecule has 0 saturated heterocycles. The molecule has 0 aliphatic heterocycles. The maximum absolute atomic E-state index is 6.12. The Morgan fingerprint density at radius 2 is 1.94 bits per heavy atom. The van der Waals surface area contributed by atoms with Gasteiger partial charge in [-0.3, -0.25) is 0 Å². The molecule has 0 fully saturated rings. The zero-order valence-corrected chi connectivity index (χ0v) is 12.1. The molecular weight excluding hydrogens is 286 g/mol. The first-order chi connectivity index (χ1) is 7.74. The molecule has 1 nitrogen and oxygen atoms in total. The molecule has 0 bridgehead atoms. The van der Waals surface area contributed by atoms with Crippen LogP contribution in [-0.2, 0) is 6.54 Å². The van der Waals surface area contributed by atoms with Gasteiger partial charge in [0, 0.05) is 16.9 Å². The predicted octanol–water partition coefficient (Wildman–Crippen LogP) is 4.34. The summed E-state index contributed by atoms with van der Waals surface area (Å²) in [6, 6.07) is 8.06. The summed E-state index contributed by atoms with van der Waals surface area (Å²) in [5.74, 6) is 0. The normalized spacial score (nSPS) is 11.0. The number of alkyl halides is 1. The van der Waals surface area contributed by atoms with Gasteiger partial charge in [0.05, 0.1) is 0 Å². The summed E-state index contributed by atoms with van der Waals surface area (Å²) < 4.78 is 0. The van der Waals surface area contributed by atoms with Crippen LogP contribution < -0.4 is 0 Å². The second kappa shape index (κ2) is 8.10. The van der Waals surface area contributed by atoms with E-state index in [1.54, 1.807) is 0 Å². The first-order valence-electron chi connectivity index (χ1n) is 5.72. The van der Waals surface area contributed by atoms with Crippen molar-refractivity contribution in [2.45, 2.75) is 25.8 Å². The molecule has 0 spiro atoms. The van der Waals surface area contributed by atoms with Crippen LogP contribution in [0.25, 0.3) is 0 Å². The fourth-order valence-corrected chi connectivity index (χ4v) is 2.24. The maximum atomic E-state index is 6.12. The van der Waals surface area contributed by atoms with Gasteiger partial charge in [-0.15, -0.1) is 0 Å². The van der Waals surface area contributed by atoms with E-state index < -0.39 is 0 Å². The Labute approximate surface area is 112 Å². The Morgan fingerprint density at radius 3 is 2.62 bits per heavy atom. The highest BCUT2D eigenvalue weighted by molar-refractivity contribution is 9.09. The summed E-state index contributed by atoms with van der Waals surface area (Å²) in [6.07, 6.45) is 3.81. The van der Waals surface area contributed by atoms with E-state index in [9.17, 15) is 0 Å². The van der Waals surface area contributed by atoms with Crippen LogP contribution in [0.3, 0.4) is 0 Å². The van der Waals surface area contributed by atoms with Crippen molar-refractivity contribution in [2.75, 3.05) is 18.9 Å². The number of hydrogen-bond acceptors (Lipinski definition) is 1. The van der Waals surface area contributed by atoms with Gasteiger partial charge in [0.25, 0.3) is 0 Å². The third-order valence-electron chi connectivity index (χ3n) is 2.57. The van der Waals surface area contributed by atoms with Crippen LogP contribution >= 0.6 is 27.5 Å². The molecule has 3 heteroatoms. The minimum atomic E-state index is 0.870. The molecule has 0 heterocycles. The lowest BCUT2D eigenvalue weighted by molar-refractivity contribution is 0.318. The van der Waals surface area contributed by atoms with E-state index in [0.717, 1.165) is 23.4 Å². The van der Waals surface area contributed by atoms with Crippen molar-refractivity contribution in [3.8, 4) is 0 Å². The van der Waals surface area contributed by atoms with Crippen LogP contribution in [0.1, 0.15) is 24.8 Å². The molecule has 90 valence electrons. The van der Waals surface area contributed by atoms with Crippen molar-refractivity contribution < 1.29 is 0 Å². The summed E-state index contributed by atoms with van der Waals surface area (Å²) in [5.41, 5.74) is 1.21. The van der Waals surface area contributed by atoms with E-state index in [-0.39, 0.29) is 0 Å². The van der Waals surface area contributed by atoms with Gasteiger partial charge in [-0.05, 0) is 38.1 Å². The summed E-state index contributed by atoms with van der Waals surface area (Å²) in [4.78, 5) is 2.33. The zero-order chi connectivity index (χ0) is 11.8. The van der Waals surface area contributed by atoms with Crippen molar-refractivity contribution in [1.82, 2.24) is 4.90 Å². The van der Waals surface area contributed by atoms with E-state index >= 15 is 0 Å². The maximum Gasteiger partial charge on any atom is 0.0451 e. The Kier molecular flexibility index (Phi) is 7.10. The molecule has 1 rings (SSSR count). The van der Waals surface area contributed by atoms with Gasteiger partial charge in [-0.25, -0.2) is 0 Å². The topological polar surface area (TPSA) is 3.24 Å². The van der Waals surface area contributed by atoms with E-state index in [2.05, 4.69) is 33.9 Å². The highest BCUT2D eigenvalue weighted by Crippen LogP contribution is 2.16. The molecular formula is C13H19BrClN. The van der Waals surface area contributed by atoms with Crippen molar-refractivity contribution >= 4 is 27.5 Å². The summed E-state index contributed by atoms with van der Waals surface area (Å²) >= 11 is 9.57. The average Bonchev–Trinajstić information content (AvgIpc) is 2.28. The molecule has 0 unspecified atom stereocenters. The molecule has 0 atom stereocenters. The standard InChI is InChI=1S/C13H19BrClN/c1-16(10-6-2-5-9-14)11-12-7-3-4-8-13(12)15/h3-4,7-8H,2,5-6,9-11H2,1H3. The lowest BCUT2D eigenvalue weighted by Gasteiger charge is -2.17. The van der Waals surface area contributed by atoms with E-state index in [0.29, 0.717) is 0 Å². The van der Waals surface area contributed by atoms with Crippen molar-refractivity contribution in [3.05, 3.63) is 34.9 Å². The first-order valence-corrected chi connectivity index (χ1v) is 7.22. The lowest BCUT2D eigenvalue weighted by Crippen LogP contribution is -2.19. The molecule has 0 aliphatic rings. The summed E-state index contributed by atoms with van der Waals surface area (Å²) in [6.45, 7) is 2.08. The molecule has 0 amide bonds. The van der Waals surface area contributed by atoms with Gasteiger partial charge in [0.15, 0.2) is 0 Å². The third kappa shape index (κ3) is 5.33. The Bertz CT molecular complexity index is 304. The first kappa shape index (κ1) is 14.0. The van der Waals surface area contributed by atoms with E-state index in [4.69, 9.17) is 11.6 Å². The molecule has 16 heavy (non-hydrogen) atoms. The Morgan fingerprint density at radius 1 is 1.19 bits per heavy atom. The largest absolute Gasteiger partial charge is 0.302 e. The Hall–Kier alpha value is -0.0500. The number of rotatable bonds is 7. The number of benzene rings is 1. The fourth-order valence-electron chi connectivity index (χ4n) is 1.65. The van der Waals surface area contributed by atoms with Crippen LogP contribution in [0.5, 0.6) is 0 Å². The minimum absolute atomic E-state index is 0.870. The van der Waals surface area contributed by atoms with Crippen LogP contribution in [0.2, 0.25) is 5.02 Å². The van der Waals surface area contributed by atoms with Crippen LogP contribution in [-0.4, -0.2) is 23.8 Å². The molecule has 0 aromatic heterocycles. The zero-order valence-electron chi connectivity index (χ0n) is 9.76. The van der Waals surface area contributed by atoms with Crippen LogP contribution in [0.15, 0.2) is 24.3 Å². The molecule has 0 N–H and O–H groups in total. The summed E-state index contributed by atoms with van der Waals surface area (Å²) in [5, 5.41) is 1.98. The van der Waals surface area contributed by atoms with Crippen molar-refractivity contribution in [2.24, 2.45) is 0 Å². The van der Waals surface area contributed by atoms with Gasteiger partial charge in [0.1, 0.15) is 0 Å².